The molecule has 3 N–H and O–H groups in total. The number of nitrogens with one attached hydrogen (secondary N) is 2. The summed E-state index contributed by atoms with van der Waals surface area (Å²) in [5, 5.41) is 15.3. The number of benzene rings is 2. The van der Waals surface area contributed by atoms with Crippen molar-refractivity contribution in [3.8, 4) is 0 Å². The first kappa shape index (κ1) is 31.6. The third-order valence-electron chi connectivity index (χ3n) is 7.22. The van der Waals surface area contributed by atoms with E-state index in [1.807, 2.05) is 67.6 Å². The Bertz CT molecular complexity index is 1160. The lowest BCUT2D eigenvalue weighted by molar-refractivity contribution is -0.143. The molecule has 0 bridgehead atoms. The number of ether oxygens (including phenoxy) is 1. The smallest absolute Gasteiger partial charge is 0.410 e. The largest absolute Gasteiger partial charge is 0.480 e. The van der Waals surface area contributed by atoms with Crippen molar-refractivity contribution in [2.24, 2.45) is 5.92 Å². The SMILES string of the molecule is C[C@@H](CN(CC(=O)N[C@H](Cc1ccccc1)C(=O)N[C@@H](C(=O)O)C1CCCC1)C(=O)OC(C)(C)C)c1ccccc1. The van der Waals surface area contributed by atoms with E-state index in [-0.39, 0.29) is 31.3 Å². The maximum absolute atomic E-state index is 13.4. The minimum Gasteiger partial charge on any atom is -0.480 e. The van der Waals surface area contributed by atoms with E-state index >= 15 is 0 Å². The summed E-state index contributed by atoms with van der Waals surface area (Å²) in [6.45, 7) is 7.14. The van der Waals surface area contributed by atoms with Gasteiger partial charge < -0.3 is 20.5 Å². The predicted octanol–water partition coefficient (Wildman–Crippen LogP) is 4.51. The first-order valence-electron chi connectivity index (χ1n) is 14.3. The van der Waals surface area contributed by atoms with Crippen molar-refractivity contribution < 1.29 is 29.0 Å². The second-order valence-electron chi connectivity index (χ2n) is 11.9. The van der Waals surface area contributed by atoms with E-state index in [0.29, 0.717) is 0 Å². The molecule has 0 unspecified atom stereocenters. The molecule has 1 saturated carbocycles. The van der Waals surface area contributed by atoms with Crippen LogP contribution in [0.5, 0.6) is 0 Å². The van der Waals surface area contributed by atoms with Crippen LogP contribution in [0.2, 0.25) is 0 Å². The number of carboxylic acids is 1. The number of rotatable bonds is 12. The molecule has 2 aromatic carbocycles. The predicted molar refractivity (Wildman–Crippen MR) is 156 cm³/mol. The molecule has 0 aliphatic heterocycles. The average Bonchev–Trinajstić information content (AvgIpc) is 3.45. The van der Waals surface area contributed by atoms with E-state index < -0.39 is 41.6 Å². The van der Waals surface area contributed by atoms with Gasteiger partial charge in [0.05, 0.1) is 0 Å². The third-order valence-corrected chi connectivity index (χ3v) is 7.22. The van der Waals surface area contributed by atoms with Crippen LogP contribution in [0.1, 0.15) is 70.4 Å². The van der Waals surface area contributed by atoms with Crippen molar-refractivity contribution >= 4 is 23.9 Å². The van der Waals surface area contributed by atoms with Gasteiger partial charge in [0.1, 0.15) is 24.2 Å². The Morgan fingerprint density at radius 2 is 1.54 bits per heavy atom. The molecule has 41 heavy (non-hydrogen) atoms. The van der Waals surface area contributed by atoms with Gasteiger partial charge >= 0.3 is 12.1 Å². The minimum absolute atomic E-state index is 0.0809. The Balaban J connectivity index is 1.77. The lowest BCUT2D eigenvalue weighted by atomic mass is 9.97. The van der Waals surface area contributed by atoms with E-state index in [4.69, 9.17) is 4.74 Å². The maximum atomic E-state index is 13.4. The zero-order valence-corrected chi connectivity index (χ0v) is 24.5. The quantitative estimate of drug-likeness (QED) is 0.348. The summed E-state index contributed by atoms with van der Waals surface area (Å²) in [7, 11) is 0. The summed E-state index contributed by atoms with van der Waals surface area (Å²) in [4.78, 5) is 53.3. The Kier molecular flexibility index (Phi) is 11.3. The van der Waals surface area contributed by atoms with Crippen LogP contribution >= 0.6 is 0 Å². The number of aliphatic carboxylic acids is 1. The number of carbonyl (C=O) groups excluding carboxylic acids is 3. The number of amides is 3. The van der Waals surface area contributed by atoms with Gasteiger partial charge in [0.25, 0.3) is 0 Å². The van der Waals surface area contributed by atoms with Crippen LogP contribution in [0.4, 0.5) is 4.79 Å². The van der Waals surface area contributed by atoms with Crippen LogP contribution in [0.15, 0.2) is 60.7 Å². The van der Waals surface area contributed by atoms with Gasteiger partial charge in [-0.05, 0) is 56.6 Å². The Morgan fingerprint density at radius 1 is 0.951 bits per heavy atom. The zero-order chi connectivity index (χ0) is 30.0. The van der Waals surface area contributed by atoms with Gasteiger partial charge in [-0.3, -0.25) is 14.5 Å². The van der Waals surface area contributed by atoms with Gasteiger partial charge in [-0.25, -0.2) is 9.59 Å². The van der Waals surface area contributed by atoms with Gasteiger partial charge in [-0.1, -0.05) is 80.4 Å². The fraction of sp³-hybridized carbons (Fsp3) is 0.500. The molecule has 0 spiro atoms. The van der Waals surface area contributed by atoms with Crippen molar-refractivity contribution in [2.75, 3.05) is 13.1 Å². The van der Waals surface area contributed by atoms with Gasteiger partial charge in [0.15, 0.2) is 0 Å². The summed E-state index contributed by atoms with van der Waals surface area (Å²) >= 11 is 0. The lowest BCUT2D eigenvalue weighted by Crippen LogP contribution is -2.55. The molecule has 0 radical (unpaired) electrons. The van der Waals surface area contributed by atoms with Crippen LogP contribution < -0.4 is 10.6 Å². The molecule has 1 fully saturated rings. The third kappa shape index (κ3) is 10.2. The molecule has 0 heterocycles. The molecule has 0 aromatic heterocycles. The van der Waals surface area contributed by atoms with Crippen molar-refractivity contribution in [3.05, 3.63) is 71.8 Å². The molecule has 3 amide bonds. The fourth-order valence-corrected chi connectivity index (χ4v) is 5.15. The maximum Gasteiger partial charge on any atom is 0.410 e. The lowest BCUT2D eigenvalue weighted by Gasteiger charge is -2.30. The summed E-state index contributed by atoms with van der Waals surface area (Å²) < 4.78 is 5.58. The number of hydrogen-bond donors (Lipinski definition) is 3. The van der Waals surface area contributed by atoms with Crippen molar-refractivity contribution in [1.29, 1.82) is 0 Å². The molecular weight excluding hydrogens is 522 g/mol. The van der Waals surface area contributed by atoms with Gasteiger partial charge in [-0.2, -0.15) is 0 Å². The Labute approximate surface area is 242 Å². The standard InChI is InChI=1S/C32H43N3O6/c1-22(24-15-9-6-10-16-24)20-35(31(40)41-32(2,3)4)21-27(36)33-26(19-23-13-7-5-8-14-23)29(37)34-28(30(38)39)25-17-11-12-18-25/h5-10,13-16,22,25-26,28H,11-12,17-21H2,1-4H3,(H,33,36)(H,34,37)(H,38,39)/t22-,26+,28+/m0/s1. The molecule has 3 rings (SSSR count). The van der Waals surface area contributed by atoms with Crippen LogP contribution in [-0.2, 0) is 25.5 Å². The highest BCUT2D eigenvalue weighted by Gasteiger charge is 2.34. The van der Waals surface area contributed by atoms with E-state index in [0.717, 1.165) is 36.8 Å². The first-order valence-corrected chi connectivity index (χ1v) is 14.3. The van der Waals surface area contributed by atoms with Crippen molar-refractivity contribution in [1.82, 2.24) is 15.5 Å². The molecule has 222 valence electrons. The highest BCUT2D eigenvalue weighted by molar-refractivity contribution is 5.92. The van der Waals surface area contributed by atoms with Crippen LogP contribution in [0.25, 0.3) is 0 Å². The van der Waals surface area contributed by atoms with Crippen LogP contribution in [-0.4, -0.2) is 64.7 Å². The number of carboxylic acid groups (broad SMARTS) is 1. The highest BCUT2D eigenvalue weighted by Crippen LogP contribution is 2.28. The minimum atomic E-state index is -1.08. The van der Waals surface area contributed by atoms with Crippen LogP contribution in [0, 0.1) is 5.92 Å². The molecule has 0 saturated heterocycles. The molecule has 9 heteroatoms. The summed E-state index contributed by atoms with van der Waals surface area (Å²) in [6.07, 6.45) is 2.86. The number of carbonyl (C=O) groups is 4. The molecule has 9 nitrogen and oxygen atoms in total. The monoisotopic (exact) mass is 565 g/mol. The summed E-state index contributed by atoms with van der Waals surface area (Å²) in [5.74, 6) is -2.42. The van der Waals surface area contributed by atoms with Gasteiger partial charge in [0.2, 0.25) is 11.8 Å². The molecule has 1 aliphatic carbocycles. The van der Waals surface area contributed by atoms with Gasteiger partial charge in [-0.15, -0.1) is 0 Å². The van der Waals surface area contributed by atoms with E-state index in [1.54, 1.807) is 20.8 Å². The van der Waals surface area contributed by atoms with Crippen molar-refractivity contribution in [2.45, 2.75) is 83.4 Å². The zero-order valence-electron chi connectivity index (χ0n) is 24.5. The number of hydrogen-bond acceptors (Lipinski definition) is 5. The normalized spacial score (nSPS) is 15.8. The summed E-state index contributed by atoms with van der Waals surface area (Å²) in [6, 6.07) is 16.8. The van der Waals surface area contributed by atoms with Crippen LogP contribution in [0.3, 0.4) is 0 Å². The second kappa shape index (κ2) is 14.7. The molecule has 2 aromatic rings. The topological polar surface area (TPSA) is 125 Å². The number of nitrogens with zero attached hydrogens (tertiary/aromatic N) is 1. The Morgan fingerprint density at radius 3 is 2.10 bits per heavy atom. The van der Waals surface area contributed by atoms with Crippen molar-refractivity contribution in [3.63, 3.8) is 0 Å². The van der Waals surface area contributed by atoms with Gasteiger partial charge in [0, 0.05) is 13.0 Å². The average molecular weight is 566 g/mol. The molecular formula is C32H43N3O6. The van der Waals surface area contributed by atoms with E-state index in [9.17, 15) is 24.3 Å². The Hall–Kier alpha value is -3.88. The molecule has 1 aliphatic rings. The molecule has 3 atom stereocenters. The summed E-state index contributed by atoms with van der Waals surface area (Å²) in [5.41, 5.74) is 1.06. The highest BCUT2D eigenvalue weighted by atomic mass is 16.6. The second-order valence-corrected chi connectivity index (χ2v) is 11.9. The first-order chi connectivity index (χ1) is 19.4. The fourth-order valence-electron chi connectivity index (χ4n) is 5.15. The van der Waals surface area contributed by atoms with E-state index in [2.05, 4.69) is 10.6 Å². The van der Waals surface area contributed by atoms with E-state index in [1.165, 1.54) is 4.90 Å².